The van der Waals surface area contributed by atoms with Crippen LogP contribution < -0.4 is 10.1 Å². The molecule has 1 aromatic carbocycles. The maximum Gasteiger partial charge on any atom is 0.233 e. The third-order valence-corrected chi connectivity index (χ3v) is 5.41. The van der Waals surface area contributed by atoms with Gasteiger partial charge in [0.2, 0.25) is 5.88 Å². The van der Waals surface area contributed by atoms with Gasteiger partial charge in [-0.3, -0.25) is 0 Å². The van der Waals surface area contributed by atoms with Crippen LogP contribution in [0.25, 0.3) is 15.9 Å². The first-order valence-electron chi connectivity index (χ1n) is 8.19. The highest BCUT2D eigenvalue weighted by Crippen LogP contribution is 2.32. The number of benzene rings is 1. The number of anilines is 1. The van der Waals surface area contributed by atoms with Crippen molar-refractivity contribution in [2.24, 2.45) is 0 Å². The van der Waals surface area contributed by atoms with E-state index in [1.807, 2.05) is 48.8 Å². The van der Waals surface area contributed by atoms with Crippen molar-refractivity contribution in [1.82, 2.24) is 19.7 Å². The molecule has 0 aliphatic rings. The van der Waals surface area contributed by atoms with Gasteiger partial charge in [0.1, 0.15) is 23.6 Å². The van der Waals surface area contributed by atoms with Crippen LogP contribution in [-0.4, -0.2) is 32.4 Å². The number of fused-ring (bicyclic) bond motifs is 1. The molecule has 6 nitrogen and oxygen atoms in total. The van der Waals surface area contributed by atoms with Gasteiger partial charge in [-0.25, -0.2) is 14.6 Å². The molecule has 1 atom stereocenters. The third kappa shape index (κ3) is 4.00. The summed E-state index contributed by atoms with van der Waals surface area (Å²) >= 11 is 13.7. The third-order valence-electron chi connectivity index (χ3n) is 3.85. The lowest BCUT2D eigenvalue weighted by Gasteiger charge is -2.15. The van der Waals surface area contributed by atoms with Crippen molar-refractivity contribution in [3.05, 3.63) is 58.3 Å². The van der Waals surface area contributed by atoms with Gasteiger partial charge in [0.05, 0.1) is 22.1 Å². The second kappa shape index (κ2) is 7.72. The topological polar surface area (TPSA) is 64.9 Å². The van der Waals surface area contributed by atoms with E-state index in [-0.39, 0.29) is 6.04 Å². The van der Waals surface area contributed by atoms with Crippen LogP contribution in [0.5, 0.6) is 5.88 Å². The Hall–Kier alpha value is -2.35. The summed E-state index contributed by atoms with van der Waals surface area (Å²) in [5.74, 6) is 1.24. The molecule has 0 amide bonds. The Balaban J connectivity index is 1.40. The van der Waals surface area contributed by atoms with Crippen LogP contribution >= 0.6 is 34.5 Å². The number of aromatic nitrogens is 4. The molecule has 138 valence electrons. The fraction of sp³-hybridized carbons (Fsp3) is 0.167. The molecular formula is C18H15Cl2N5OS. The van der Waals surface area contributed by atoms with Crippen LogP contribution in [0.15, 0.2) is 48.2 Å². The number of halogens is 2. The molecule has 0 spiro atoms. The average Bonchev–Trinajstić information content (AvgIpc) is 3.28. The normalized spacial score (nSPS) is 12.3. The van der Waals surface area contributed by atoms with E-state index in [0.717, 1.165) is 15.9 Å². The zero-order valence-electron chi connectivity index (χ0n) is 14.3. The van der Waals surface area contributed by atoms with Gasteiger partial charge < -0.3 is 10.1 Å². The minimum atomic E-state index is -0.000233. The molecule has 27 heavy (non-hydrogen) atoms. The second-order valence-corrected chi connectivity index (χ2v) is 7.62. The molecule has 4 aromatic rings. The molecule has 9 heteroatoms. The summed E-state index contributed by atoms with van der Waals surface area (Å²) in [6.45, 7) is 2.43. The van der Waals surface area contributed by atoms with Crippen molar-refractivity contribution in [1.29, 1.82) is 0 Å². The first-order valence-corrected chi connectivity index (χ1v) is 9.82. The summed E-state index contributed by atoms with van der Waals surface area (Å²) in [6, 6.07) is 9.26. The van der Waals surface area contributed by atoms with Gasteiger partial charge in [-0.2, -0.15) is 0 Å². The van der Waals surface area contributed by atoms with E-state index < -0.39 is 0 Å². The Labute approximate surface area is 169 Å². The molecule has 3 aromatic heterocycles. The predicted octanol–water partition coefficient (Wildman–Crippen LogP) is 5.06. The zero-order valence-corrected chi connectivity index (χ0v) is 16.6. The molecule has 0 aliphatic carbocycles. The van der Waals surface area contributed by atoms with Crippen molar-refractivity contribution in [2.45, 2.75) is 13.0 Å². The Morgan fingerprint density at radius 2 is 2.00 bits per heavy atom. The minimum absolute atomic E-state index is 0.000233. The Bertz CT molecular complexity index is 1060. The van der Waals surface area contributed by atoms with Crippen molar-refractivity contribution in [2.75, 3.05) is 11.9 Å². The highest BCUT2D eigenvalue weighted by molar-refractivity contribution is 7.17. The smallest absolute Gasteiger partial charge is 0.233 e. The number of hydrogen-bond donors (Lipinski definition) is 1. The number of rotatable bonds is 6. The lowest BCUT2D eigenvalue weighted by molar-refractivity contribution is 0.290. The SMILES string of the molecule is CC(COc1ccn(-c2ccc(Cl)cc2)n1)Nc1ncnc2scc(Cl)c12. The maximum atomic E-state index is 6.24. The van der Waals surface area contributed by atoms with E-state index >= 15 is 0 Å². The summed E-state index contributed by atoms with van der Waals surface area (Å²) in [4.78, 5) is 9.38. The predicted molar refractivity (Wildman–Crippen MR) is 110 cm³/mol. The molecule has 0 aliphatic heterocycles. The van der Waals surface area contributed by atoms with Gasteiger partial charge in [0, 0.05) is 22.7 Å². The van der Waals surface area contributed by atoms with Gasteiger partial charge in [-0.15, -0.1) is 16.4 Å². The van der Waals surface area contributed by atoms with E-state index in [2.05, 4.69) is 20.4 Å². The highest BCUT2D eigenvalue weighted by atomic mass is 35.5. The molecule has 3 heterocycles. The lowest BCUT2D eigenvalue weighted by atomic mass is 10.3. The first kappa shape index (κ1) is 18.0. The van der Waals surface area contributed by atoms with Gasteiger partial charge in [0.15, 0.2) is 0 Å². The standard InChI is InChI=1S/C18H15Cl2N5OS/c1-11(23-17-16-14(20)9-27-18(16)22-10-21-17)8-26-15-6-7-25(24-15)13-4-2-12(19)3-5-13/h2-7,9-11H,8H2,1H3,(H,21,22,23). The monoisotopic (exact) mass is 419 g/mol. The van der Waals surface area contributed by atoms with Gasteiger partial charge in [-0.05, 0) is 31.2 Å². The Kier molecular flexibility index (Phi) is 5.15. The molecule has 0 saturated heterocycles. The summed E-state index contributed by atoms with van der Waals surface area (Å²) in [5, 5.41) is 11.8. The van der Waals surface area contributed by atoms with Crippen molar-refractivity contribution >= 4 is 50.6 Å². The Morgan fingerprint density at radius 1 is 1.19 bits per heavy atom. The van der Waals surface area contributed by atoms with Crippen LogP contribution in [0.1, 0.15) is 6.92 Å². The summed E-state index contributed by atoms with van der Waals surface area (Å²) in [5.41, 5.74) is 0.913. The van der Waals surface area contributed by atoms with Crippen molar-refractivity contribution in [3.63, 3.8) is 0 Å². The van der Waals surface area contributed by atoms with Crippen LogP contribution in [0.2, 0.25) is 10.0 Å². The van der Waals surface area contributed by atoms with Gasteiger partial charge in [0.25, 0.3) is 0 Å². The molecule has 0 bridgehead atoms. The summed E-state index contributed by atoms with van der Waals surface area (Å²) in [6.07, 6.45) is 3.37. The first-order chi connectivity index (χ1) is 13.1. The number of ether oxygens (including phenoxy) is 1. The van der Waals surface area contributed by atoms with E-state index in [0.29, 0.717) is 28.3 Å². The fourth-order valence-corrected chi connectivity index (χ4v) is 3.82. The van der Waals surface area contributed by atoms with E-state index in [1.54, 1.807) is 4.68 Å². The van der Waals surface area contributed by atoms with Gasteiger partial charge >= 0.3 is 0 Å². The number of hydrogen-bond acceptors (Lipinski definition) is 6. The maximum absolute atomic E-state index is 6.24. The van der Waals surface area contributed by atoms with E-state index in [9.17, 15) is 0 Å². The quantitative estimate of drug-likeness (QED) is 0.472. The average molecular weight is 420 g/mol. The zero-order chi connectivity index (χ0) is 18.8. The molecule has 0 radical (unpaired) electrons. The molecular weight excluding hydrogens is 405 g/mol. The number of thiophene rings is 1. The summed E-state index contributed by atoms with van der Waals surface area (Å²) < 4.78 is 7.53. The van der Waals surface area contributed by atoms with Crippen LogP contribution in [0.4, 0.5) is 5.82 Å². The molecule has 0 saturated carbocycles. The molecule has 1 unspecified atom stereocenters. The van der Waals surface area contributed by atoms with E-state index in [1.165, 1.54) is 17.7 Å². The number of nitrogens with one attached hydrogen (secondary N) is 1. The minimum Gasteiger partial charge on any atom is -0.474 e. The fourth-order valence-electron chi connectivity index (χ4n) is 2.56. The summed E-state index contributed by atoms with van der Waals surface area (Å²) in [7, 11) is 0. The lowest BCUT2D eigenvalue weighted by Crippen LogP contribution is -2.24. The van der Waals surface area contributed by atoms with Crippen LogP contribution in [0, 0.1) is 0 Å². The molecule has 1 N–H and O–H groups in total. The highest BCUT2D eigenvalue weighted by Gasteiger charge is 2.13. The van der Waals surface area contributed by atoms with Crippen molar-refractivity contribution in [3.8, 4) is 11.6 Å². The molecule has 4 rings (SSSR count). The van der Waals surface area contributed by atoms with Crippen LogP contribution in [-0.2, 0) is 0 Å². The Morgan fingerprint density at radius 3 is 2.81 bits per heavy atom. The number of nitrogens with zero attached hydrogens (tertiary/aromatic N) is 4. The van der Waals surface area contributed by atoms with E-state index in [4.69, 9.17) is 27.9 Å². The largest absolute Gasteiger partial charge is 0.474 e. The second-order valence-electron chi connectivity index (χ2n) is 5.92. The van der Waals surface area contributed by atoms with Crippen molar-refractivity contribution < 1.29 is 4.74 Å². The molecule has 0 fully saturated rings. The van der Waals surface area contributed by atoms with Crippen LogP contribution in [0.3, 0.4) is 0 Å². The van der Waals surface area contributed by atoms with Gasteiger partial charge in [-0.1, -0.05) is 23.2 Å².